The zero-order valence-corrected chi connectivity index (χ0v) is 17.8. The summed E-state index contributed by atoms with van der Waals surface area (Å²) in [4.78, 5) is 17.1. The highest BCUT2D eigenvalue weighted by atomic mass is 19.3. The lowest BCUT2D eigenvalue weighted by atomic mass is 9.73. The van der Waals surface area contributed by atoms with Crippen molar-refractivity contribution in [3.05, 3.63) is 54.5 Å². The van der Waals surface area contributed by atoms with Crippen LogP contribution in [-0.4, -0.2) is 41.3 Å². The minimum Gasteiger partial charge on any atom is -0.368 e. The van der Waals surface area contributed by atoms with Gasteiger partial charge in [0.25, 0.3) is 12.3 Å². The topological polar surface area (TPSA) is 121 Å². The molecule has 4 aromatic rings. The van der Waals surface area contributed by atoms with Gasteiger partial charge in [0.05, 0.1) is 22.9 Å². The molecule has 11 heteroatoms. The van der Waals surface area contributed by atoms with Crippen molar-refractivity contribution < 1.29 is 13.3 Å². The first-order chi connectivity index (χ1) is 15.3. The Morgan fingerprint density at radius 3 is 2.44 bits per heavy atom. The Kier molecular flexibility index (Phi) is 5.64. The van der Waals surface area contributed by atoms with Crippen LogP contribution in [0, 0.1) is 5.92 Å². The zero-order chi connectivity index (χ0) is 22.9. The lowest BCUT2D eigenvalue weighted by Gasteiger charge is -2.30. The summed E-state index contributed by atoms with van der Waals surface area (Å²) in [6.07, 6.45) is 5.39. The minimum atomic E-state index is -2.50. The molecule has 0 bridgehead atoms. The Labute approximate surface area is 182 Å². The molecule has 0 radical (unpaired) electrons. The normalized spacial score (nSPS) is 13.6. The van der Waals surface area contributed by atoms with Crippen LogP contribution in [-0.2, 0) is 12.0 Å². The van der Waals surface area contributed by atoms with Gasteiger partial charge in [-0.05, 0) is 24.5 Å². The highest BCUT2D eigenvalue weighted by molar-refractivity contribution is 5.58. The number of rotatable bonds is 7. The van der Waals surface area contributed by atoms with Gasteiger partial charge in [0.1, 0.15) is 6.54 Å². The van der Waals surface area contributed by atoms with Gasteiger partial charge in [-0.1, -0.05) is 25.1 Å². The molecule has 1 unspecified atom stereocenters. The first-order valence-corrected chi connectivity index (χ1v) is 9.97. The third kappa shape index (κ3) is 4.05. The maximum Gasteiger partial charge on any atom is 0.261 e. The molecule has 0 fully saturated rings. The van der Waals surface area contributed by atoms with E-state index in [1.54, 1.807) is 18.6 Å². The molecule has 0 amide bonds. The van der Waals surface area contributed by atoms with E-state index in [0.717, 1.165) is 15.8 Å². The van der Waals surface area contributed by atoms with Crippen LogP contribution in [0.2, 0.25) is 0 Å². The molecule has 0 spiro atoms. The monoisotopic (exact) mass is 440 g/mol. The van der Waals surface area contributed by atoms with Gasteiger partial charge >= 0.3 is 0 Å². The predicted molar refractivity (Wildman–Crippen MR) is 112 cm³/mol. The maximum atomic E-state index is 12.6. The Morgan fingerprint density at radius 2 is 1.81 bits per heavy atom. The van der Waals surface area contributed by atoms with E-state index in [9.17, 15) is 8.78 Å². The van der Waals surface area contributed by atoms with E-state index in [4.69, 9.17) is 10.3 Å². The summed E-state index contributed by atoms with van der Waals surface area (Å²) in [5.74, 6) is 0.984. The van der Waals surface area contributed by atoms with Crippen molar-refractivity contribution in [3.8, 4) is 22.7 Å². The molecule has 0 saturated carbocycles. The Bertz CT molecular complexity index is 1190. The molecule has 0 aromatic carbocycles. The fraction of sp³-hybridized carbons (Fsp3) is 0.333. The number of hydrogen-bond donors (Lipinski definition) is 1. The standard InChI is InChI=1S/C21H22F2N8O/c1-12(2)21(3,15-4-5-16(25-9-15)13-6-26-20(24)27-7-13)19-29-18(32-30-19)14-8-28-31(10-14)11-17(22)23/h4-10,12,17H,11H2,1-3H3,(H2,24,26,27). The smallest absolute Gasteiger partial charge is 0.261 e. The number of nitrogens with two attached hydrogens (primary N) is 1. The van der Waals surface area contributed by atoms with Crippen molar-refractivity contribution in [2.45, 2.75) is 39.2 Å². The molecule has 4 rings (SSSR count). The molecule has 0 aliphatic rings. The fourth-order valence-electron chi connectivity index (χ4n) is 3.33. The van der Waals surface area contributed by atoms with Crippen molar-refractivity contribution in [3.63, 3.8) is 0 Å². The van der Waals surface area contributed by atoms with Gasteiger partial charge in [0.2, 0.25) is 5.95 Å². The maximum absolute atomic E-state index is 12.6. The van der Waals surface area contributed by atoms with Gasteiger partial charge in [0, 0.05) is 30.4 Å². The molecule has 1 atom stereocenters. The molecule has 4 aromatic heterocycles. The van der Waals surface area contributed by atoms with E-state index < -0.39 is 18.4 Å². The molecule has 166 valence electrons. The van der Waals surface area contributed by atoms with E-state index in [-0.39, 0.29) is 17.8 Å². The van der Waals surface area contributed by atoms with Gasteiger partial charge in [-0.3, -0.25) is 9.67 Å². The van der Waals surface area contributed by atoms with Crippen LogP contribution >= 0.6 is 0 Å². The van der Waals surface area contributed by atoms with Crippen molar-refractivity contribution in [1.29, 1.82) is 0 Å². The summed E-state index contributed by atoms with van der Waals surface area (Å²) in [5.41, 5.74) is 7.77. The summed E-state index contributed by atoms with van der Waals surface area (Å²) in [6, 6.07) is 3.83. The minimum absolute atomic E-state index is 0.0991. The molecular weight excluding hydrogens is 418 g/mol. The fourth-order valence-corrected chi connectivity index (χ4v) is 3.33. The predicted octanol–water partition coefficient (Wildman–Crippen LogP) is 3.59. The second-order valence-electron chi connectivity index (χ2n) is 7.88. The molecule has 4 heterocycles. The van der Waals surface area contributed by atoms with Crippen LogP contribution in [0.5, 0.6) is 0 Å². The third-order valence-corrected chi connectivity index (χ3v) is 5.58. The number of alkyl halides is 2. The number of nitrogen functional groups attached to an aromatic ring is 1. The quantitative estimate of drug-likeness (QED) is 0.463. The van der Waals surface area contributed by atoms with E-state index in [0.29, 0.717) is 17.1 Å². The van der Waals surface area contributed by atoms with Crippen LogP contribution in [0.15, 0.2) is 47.6 Å². The summed E-state index contributed by atoms with van der Waals surface area (Å²) < 4.78 is 31.8. The summed E-state index contributed by atoms with van der Waals surface area (Å²) in [6.45, 7) is 5.62. The van der Waals surface area contributed by atoms with Gasteiger partial charge in [-0.25, -0.2) is 18.7 Å². The SMILES string of the molecule is CC(C)C(C)(c1ccc(-c2cnc(N)nc2)nc1)c1noc(-c2cnn(CC(F)F)c2)n1. The van der Waals surface area contributed by atoms with Crippen LogP contribution in [0.1, 0.15) is 32.2 Å². The van der Waals surface area contributed by atoms with Crippen molar-refractivity contribution in [1.82, 2.24) is 34.9 Å². The van der Waals surface area contributed by atoms with Crippen LogP contribution in [0.4, 0.5) is 14.7 Å². The zero-order valence-electron chi connectivity index (χ0n) is 17.8. The lowest BCUT2D eigenvalue weighted by molar-refractivity contribution is 0.122. The van der Waals surface area contributed by atoms with E-state index >= 15 is 0 Å². The number of anilines is 1. The summed E-state index contributed by atoms with van der Waals surface area (Å²) in [7, 11) is 0. The molecule has 2 N–H and O–H groups in total. The number of hydrogen-bond acceptors (Lipinski definition) is 8. The first kappa shape index (κ1) is 21.5. The largest absolute Gasteiger partial charge is 0.368 e. The van der Waals surface area contributed by atoms with Crippen LogP contribution < -0.4 is 5.73 Å². The number of nitrogens with zero attached hydrogens (tertiary/aromatic N) is 7. The second-order valence-corrected chi connectivity index (χ2v) is 7.88. The highest BCUT2D eigenvalue weighted by Crippen LogP contribution is 2.38. The van der Waals surface area contributed by atoms with Gasteiger partial charge in [0.15, 0.2) is 5.82 Å². The number of pyridine rings is 1. The van der Waals surface area contributed by atoms with Gasteiger partial charge < -0.3 is 10.3 Å². The van der Waals surface area contributed by atoms with Crippen molar-refractivity contribution >= 4 is 5.95 Å². The molecule has 0 aliphatic carbocycles. The van der Waals surface area contributed by atoms with E-state index in [1.165, 1.54) is 12.4 Å². The Balaban J connectivity index is 1.64. The number of halogens is 2. The molecular formula is C21H22F2N8O. The summed E-state index contributed by atoms with van der Waals surface area (Å²) >= 11 is 0. The van der Waals surface area contributed by atoms with Crippen LogP contribution in [0.25, 0.3) is 22.7 Å². The van der Waals surface area contributed by atoms with E-state index in [1.807, 2.05) is 19.1 Å². The second kappa shape index (κ2) is 8.40. The Hall–Kier alpha value is -3.76. The van der Waals surface area contributed by atoms with Crippen molar-refractivity contribution in [2.24, 2.45) is 5.92 Å². The third-order valence-electron chi connectivity index (χ3n) is 5.58. The number of aromatic nitrogens is 7. The molecule has 0 saturated heterocycles. The summed E-state index contributed by atoms with van der Waals surface area (Å²) in [5, 5.41) is 8.11. The lowest BCUT2D eigenvalue weighted by Crippen LogP contribution is -2.31. The average molecular weight is 440 g/mol. The van der Waals surface area contributed by atoms with Gasteiger partial charge in [-0.15, -0.1) is 0 Å². The first-order valence-electron chi connectivity index (χ1n) is 9.97. The Morgan fingerprint density at radius 1 is 1.06 bits per heavy atom. The highest BCUT2D eigenvalue weighted by Gasteiger charge is 2.38. The average Bonchev–Trinajstić information content (AvgIpc) is 3.43. The van der Waals surface area contributed by atoms with Crippen LogP contribution in [0.3, 0.4) is 0 Å². The van der Waals surface area contributed by atoms with Crippen molar-refractivity contribution in [2.75, 3.05) is 5.73 Å². The van der Waals surface area contributed by atoms with E-state index in [2.05, 4.69) is 44.0 Å². The molecule has 0 aliphatic heterocycles. The van der Waals surface area contributed by atoms with Gasteiger partial charge in [-0.2, -0.15) is 10.1 Å². The molecule has 9 nitrogen and oxygen atoms in total. The molecule has 32 heavy (non-hydrogen) atoms.